The Balaban J connectivity index is 1.78. The summed E-state index contributed by atoms with van der Waals surface area (Å²) in [7, 11) is 0. The molecular weight excluding hydrogens is 318 g/mol. The van der Waals surface area contributed by atoms with Gasteiger partial charge >= 0.3 is 0 Å². The van der Waals surface area contributed by atoms with Crippen molar-refractivity contribution in [2.24, 2.45) is 0 Å². The number of rotatable bonds is 3. The number of amides is 1. The number of benzene rings is 2. The summed E-state index contributed by atoms with van der Waals surface area (Å²) in [6, 6.07) is 13.4. The maximum Gasteiger partial charge on any atom is 0.253 e. The van der Waals surface area contributed by atoms with Crippen molar-refractivity contribution in [1.82, 2.24) is 15.5 Å². The van der Waals surface area contributed by atoms with Gasteiger partial charge in [-0.25, -0.2) is 0 Å². The number of hydrogen-bond acceptors (Lipinski definition) is 2. The topological polar surface area (TPSA) is 57.8 Å². The van der Waals surface area contributed by atoms with Gasteiger partial charge in [-0.2, -0.15) is 5.10 Å². The van der Waals surface area contributed by atoms with Gasteiger partial charge in [-0.15, -0.1) is 0 Å². The molecule has 0 aliphatic rings. The molecule has 0 fully saturated rings. The van der Waals surface area contributed by atoms with Crippen molar-refractivity contribution in [1.29, 1.82) is 0 Å². The van der Waals surface area contributed by atoms with Crippen LogP contribution in [0.5, 0.6) is 0 Å². The van der Waals surface area contributed by atoms with Crippen molar-refractivity contribution in [2.45, 2.75) is 6.54 Å². The Morgan fingerprint density at radius 1 is 1.25 bits per heavy atom. The van der Waals surface area contributed by atoms with E-state index in [0.717, 1.165) is 20.9 Å². The third-order valence-electron chi connectivity index (χ3n) is 3.06. The van der Waals surface area contributed by atoms with Crippen LogP contribution in [0.25, 0.3) is 10.9 Å². The molecule has 0 unspecified atom stereocenters. The second kappa shape index (κ2) is 5.46. The van der Waals surface area contributed by atoms with Crippen molar-refractivity contribution in [3.05, 3.63) is 64.3 Å². The Labute approximate surface area is 124 Å². The minimum Gasteiger partial charge on any atom is -0.348 e. The van der Waals surface area contributed by atoms with E-state index >= 15 is 0 Å². The first-order chi connectivity index (χ1) is 9.74. The summed E-state index contributed by atoms with van der Waals surface area (Å²) in [5, 5.41) is 10.7. The van der Waals surface area contributed by atoms with Gasteiger partial charge in [0.15, 0.2) is 0 Å². The fourth-order valence-corrected chi connectivity index (χ4v) is 2.53. The largest absolute Gasteiger partial charge is 0.348 e. The number of hydrogen-bond donors (Lipinski definition) is 2. The highest BCUT2D eigenvalue weighted by Gasteiger charge is 2.10. The number of fused-ring (bicyclic) bond motifs is 1. The Morgan fingerprint density at radius 2 is 2.10 bits per heavy atom. The first-order valence-electron chi connectivity index (χ1n) is 6.19. The van der Waals surface area contributed by atoms with E-state index in [1.807, 2.05) is 36.4 Å². The van der Waals surface area contributed by atoms with Gasteiger partial charge in [0.1, 0.15) is 0 Å². The van der Waals surface area contributed by atoms with Crippen molar-refractivity contribution < 1.29 is 4.79 Å². The van der Waals surface area contributed by atoms with Crippen LogP contribution in [-0.4, -0.2) is 16.1 Å². The van der Waals surface area contributed by atoms with Crippen molar-refractivity contribution in [3.63, 3.8) is 0 Å². The molecule has 0 bridgehead atoms. The molecule has 0 aliphatic carbocycles. The SMILES string of the molecule is O=C(NCc1cccc(Br)c1)c1cccc2cn[nH]c12. The molecule has 3 rings (SSSR count). The number of halogens is 1. The Bertz CT molecular complexity index is 766. The van der Waals surface area contributed by atoms with Gasteiger partial charge in [0.2, 0.25) is 0 Å². The third kappa shape index (κ3) is 2.58. The number of nitrogens with one attached hydrogen (secondary N) is 2. The number of H-pyrrole nitrogens is 1. The summed E-state index contributed by atoms with van der Waals surface area (Å²) in [6.07, 6.45) is 1.71. The standard InChI is InChI=1S/C15H12BrN3O/c16-12-5-1-3-10(7-12)8-17-15(20)13-6-2-4-11-9-18-19-14(11)13/h1-7,9H,8H2,(H,17,20)(H,18,19). The number of carbonyl (C=O) groups is 1. The average Bonchev–Trinajstić information content (AvgIpc) is 2.93. The Kier molecular flexibility index (Phi) is 3.52. The van der Waals surface area contributed by atoms with Crippen molar-refractivity contribution in [2.75, 3.05) is 0 Å². The summed E-state index contributed by atoms with van der Waals surface area (Å²) in [4.78, 5) is 12.2. The third-order valence-corrected chi connectivity index (χ3v) is 3.56. The molecule has 0 saturated carbocycles. The van der Waals surface area contributed by atoms with E-state index in [4.69, 9.17) is 0 Å². The summed E-state index contributed by atoms with van der Waals surface area (Å²) >= 11 is 3.42. The number of para-hydroxylation sites is 1. The molecule has 1 heterocycles. The molecule has 100 valence electrons. The van der Waals surface area contributed by atoms with Gasteiger partial charge in [0, 0.05) is 16.4 Å². The highest BCUT2D eigenvalue weighted by molar-refractivity contribution is 9.10. The predicted molar refractivity (Wildman–Crippen MR) is 81.4 cm³/mol. The van der Waals surface area contributed by atoms with E-state index < -0.39 is 0 Å². The van der Waals surface area contributed by atoms with E-state index in [9.17, 15) is 4.79 Å². The molecule has 5 heteroatoms. The predicted octanol–water partition coefficient (Wildman–Crippen LogP) is 3.26. The zero-order valence-electron chi connectivity index (χ0n) is 10.6. The van der Waals surface area contributed by atoms with Crippen LogP contribution in [0, 0.1) is 0 Å². The van der Waals surface area contributed by atoms with Crippen LogP contribution in [0.2, 0.25) is 0 Å². The van der Waals surface area contributed by atoms with Crippen LogP contribution in [0.1, 0.15) is 15.9 Å². The molecule has 0 radical (unpaired) electrons. The smallest absolute Gasteiger partial charge is 0.253 e. The lowest BCUT2D eigenvalue weighted by Gasteiger charge is -2.06. The molecule has 0 saturated heterocycles. The number of aromatic nitrogens is 2. The maximum atomic E-state index is 12.2. The molecule has 0 atom stereocenters. The average molecular weight is 330 g/mol. The van der Waals surface area contributed by atoms with Gasteiger partial charge in [0.05, 0.1) is 17.3 Å². The first-order valence-corrected chi connectivity index (χ1v) is 6.98. The Hall–Kier alpha value is -2.14. The zero-order chi connectivity index (χ0) is 13.9. The molecule has 2 N–H and O–H groups in total. The molecule has 0 aliphatic heterocycles. The highest BCUT2D eigenvalue weighted by atomic mass is 79.9. The van der Waals surface area contributed by atoms with Crippen molar-refractivity contribution >= 4 is 32.7 Å². The molecule has 1 amide bonds. The van der Waals surface area contributed by atoms with E-state index in [0.29, 0.717) is 12.1 Å². The summed E-state index contributed by atoms with van der Waals surface area (Å²) in [5.74, 6) is -0.111. The minimum absolute atomic E-state index is 0.111. The van der Waals surface area contributed by atoms with Crippen LogP contribution in [-0.2, 0) is 6.54 Å². The number of carbonyl (C=O) groups excluding carboxylic acids is 1. The van der Waals surface area contributed by atoms with Gasteiger partial charge in [-0.3, -0.25) is 9.89 Å². The normalized spacial score (nSPS) is 10.7. The van der Waals surface area contributed by atoms with Gasteiger partial charge in [0.25, 0.3) is 5.91 Å². The molecule has 3 aromatic rings. The molecule has 2 aromatic carbocycles. The number of nitrogens with zero attached hydrogens (tertiary/aromatic N) is 1. The molecular formula is C15H12BrN3O. The lowest BCUT2D eigenvalue weighted by atomic mass is 10.1. The van der Waals surface area contributed by atoms with Crippen molar-refractivity contribution in [3.8, 4) is 0 Å². The van der Waals surface area contributed by atoms with E-state index in [1.165, 1.54) is 0 Å². The van der Waals surface area contributed by atoms with Crippen LogP contribution in [0.15, 0.2) is 53.1 Å². The van der Waals surface area contributed by atoms with Crippen LogP contribution >= 0.6 is 15.9 Å². The summed E-state index contributed by atoms with van der Waals surface area (Å²) < 4.78 is 1.000. The molecule has 1 aromatic heterocycles. The quantitative estimate of drug-likeness (QED) is 0.774. The fraction of sp³-hybridized carbons (Fsp3) is 0.0667. The first kappa shape index (κ1) is 12.9. The van der Waals surface area contributed by atoms with Gasteiger partial charge in [-0.1, -0.05) is 40.2 Å². The van der Waals surface area contributed by atoms with Crippen LogP contribution in [0.4, 0.5) is 0 Å². The Morgan fingerprint density at radius 3 is 2.95 bits per heavy atom. The van der Waals surface area contributed by atoms with Crippen LogP contribution in [0.3, 0.4) is 0 Å². The molecule has 4 nitrogen and oxygen atoms in total. The monoisotopic (exact) mass is 329 g/mol. The van der Waals surface area contributed by atoms with E-state index in [1.54, 1.807) is 12.3 Å². The van der Waals surface area contributed by atoms with Gasteiger partial charge < -0.3 is 5.32 Å². The van der Waals surface area contributed by atoms with E-state index in [2.05, 4.69) is 31.4 Å². The summed E-state index contributed by atoms with van der Waals surface area (Å²) in [6.45, 7) is 0.489. The minimum atomic E-state index is -0.111. The maximum absolute atomic E-state index is 12.2. The highest BCUT2D eigenvalue weighted by Crippen LogP contribution is 2.16. The second-order valence-electron chi connectivity index (χ2n) is 4.45. The number of aromatic amines is 1. The van der Waals surface area contributed by atoms with Gasteiger partial charge in [-0.05, 0) is 23.8 Å². The molecule has 0 spiro atoms. The summed E-state index contributed by atoms with van der Waals surface area (Å²) in [5.41, 5.74) is 2.42. The zero-order valence-corrected chi connectivity index (χ0v) is 12.1. The molecule has 20 heavy (non-hydrogen) atoms. The van der Waals surface area contributed by atoms with E-state index in [-0.39, 0.29) is 5.91 Å². The second-order valence-corrected chi connectivity index (χ2v) is 5.37. The lowest BCUT2D eigenvalue weighted by Crippen LogP contribution is -2.23. The fourth-order valence-electron chi connectivity index (χ4n) is 2.08. The lowest BCUT2D eigenvalue weighted by molar-refractivity contribution is 0.0952. The van der Waals surface area contributed by atoms with Crippen LogP contribution < -0.4 is 5.32 Å².